The van der Waals surface area contributed by atoms with Crippen molar-refractivity contribution >= 4 is 17.6 Å². The van der Waals surface area contributed by atoms with E-state index in [0.717, 1.165) is 6.42 Å². The van der Waals surface area contributed by atoms with E-state index in [1.165, 1.54) is 0 Å². The highest BCUT2D eigenvalue weighted by Crippen LogP contribution is 2.40. The molecule has 1 saturated heterocycles. The van der Waals surface area contributed by atoms with Gasteiger partial charge in [0.15, 0.2) is 0 Å². The van der Waals surface area contributed by atoms with Crippen LogP contribution in [0, 0.1) is 5.92 Å². The average Bonchev–Trinajstić information content (AvgIpc) is 2.53. The van der Waals surface area contributed by atoms with Crippen LogP contribution in [-0.4, -0.2) is 55.2 Å². The number of hydrogen-bond acceptors (Lipinski definition) is 5. The zero-order valence-corrected chi connectivity index (χ0v) is 15.5. The summed E-state index contributed by atoms with van der Waals surface area (Å²) in [5.74, 6) is -1.60. The number of nitrogens with one attached hydrogen (secondary N) is 5. The predicted octanol–water partition coefficient (Wildman–Crippen LogP) is 0.753. The first kappa shape index (κ1) is 21.5. The van der Waals surface area contributed by atoms with Crippen molar-refractivity contribution in [3.8, 4) is 0 Å². The zero-order chi connectivity index (χ0) is 19.3. The van der Waals surface area contributed by atoms with Gasteiger partial charge in [-0.15, -0.1) is 11.6 Å². The van der Waals surface area contributed by atoms with Crippen LogP contribution in [0.4, 0.5) is 18.0 Å². The van der Waals surface area contributed by atoms with Gasteiger partial charge < -0.3 is 21.7 Å². The molecule has 1 heterocycles. The SMILES string of the molecule is CC1CC(NCCN)NC(NC(=O)NC2CCC(Cl)C(C(F)(F)F)C2)N1. The maximum atomic E-state index is 13.0. The molecule has 0 aromatic heterocycles. The highest BCUT2D eigenvalue weighted by atomic mass is 35.5. The fourth-order valence-electron chi connectivity index (χ4n) is 3.47. The molecule has 2 rings (SSSR count). The molecular formula is C15H28ClF3N6O. The molecule has 0 aromatic carbocycles. The number of alkyl halides is 4. The predicted molar refractivity (Wildman–Crippen MR) is 93.5 cm³/mol. The molecule has 7 nitrogen and oxygen atoms in total. The van der Waals surface area contributed by atoms with Gasteiger partial charge in [0.2, 0.25) is 0 Å². The molecule has 0 spiro atoms. The second-order valence-corrected chi connectivity index (χ2v) is 7.55. The van der Waals surface area contributed by atoms with E-state index in [1.54, 1.807) is 0 Å². The summed E-state index contributed by atoms with van der Waals surface area (Å²) in [7, 11) is 0. The van der Waals surface area contributed by atoms with Crippen LogP contribution in [0.3, 0.4) is 0 Å². The molecule has 11 heteroatoms. The van der Waals surface area contributed by atoms with E-state index in [0.29, 0.717) is 19.5 Å². The summed E-state index contributed by atoms with van der Waals surface area (Å²) in [5.41, 5.74) is 5.48. The Hall–Kier alpha value is -0.810. The van der Waals surface area contributed by atoms with Gasteiger partial charge in [-0.1, -0.05) is 0 Å². The van der Waals surface area contributed by atoms with Crippen molar-refractivity contribution in [3.63, 3.8) is 0 Å². The van der Waals surface area contributed by atoms with Crippen molar-refractivity contribution in [2.75, 3.05) is 13.1 Å². The Morgan fingerprint density at radius 3 is 2.62 bits per heavy atom. The maximum Gasteiger partial charge on any atom is 0.393 e. The van der Waals surface area contributed by atoms with E-state index in [4.69, 9.17) is 17.3 Å². The minimum Gasteiger partial charge on any atom is -0.335 e. The van der Waals surface area contributed by atoms with Crippen molar-refractivity contribution < 1.29 is 18.0 Å². The number of carbonyl (C=O) groups excluding carboxylic acids is 1. The van der Waals surface area contributed by atoms with Gasteiger partial charge >= 0.3 is 12.2 Å². The largest absolute Gasteiger partial charge is 0.393 e. The van der Waals surface area contributed by atoms with E-state index >= 15 is 0 Å². The lowest BCUT2D eigenvalue weighted by Crippen LogP contribution is -2.68. The first-order valence-corrected chi connectivity index (χ1v) is 9.36. The van der Waals surface area contributed by atoms with Crippen molar-refractivity contribution in [2.24, 2.45) is 11.7 Å². The van der Waals surface area contributed by atoms with E-state index < -0.39 is 35.8 Å². The van der Waals surface area contributed by atoms with Crippen LogP contribution in [0.25, 0.3) is 0 Å². The monoisotopic (exact) mass is 400 g/mol. The number of urea groups is 1. The van der Waals surface area contributed by atoms with Gasteiger partial charge in [0.05, 0.1) is 12.1 Å². The molecular weight excluding hydrogens is 373 g/mol. The molecule has 1 aliphatic carbocycles. The smallest absolute Gasteiger partial charge is 0.335 e. The normalized spacial score (nSPS) is 35.8. The number of carbonyl (C=O) groups is 1. The van der Waals surface area contributed by atoms with E-state index in [1.807, 2.05) is 6.92 Å². The Morgan fingerprint density at radius 2 is 1.96 bits per heavy atom. The summed E-state index contributed by atoms with van der Waals surface area (Å²) in [4.78, 5) is 12.2. The number of amides is 2. The quantitative estimate of drug-likeness (QED) is 0.382. The van der Waals surface area contributed by atoms with Crippen molar-refractivity contribution in [2.45, 2.75) is 68.7 Å². The van der Waals surface area contributed by atoms with Crippen LogP contribution in [0.2, 0.25) is 0 Å². The third kappa shape index (κ3) is 6.41. The molecule has 1 aliphatic heterocycles. The van der Waals surface area contributed by atoms with Crippen LogP contribution in [0.1, 0.15) is 32.6 Å². The van der Waals surface area contributed by atoms with Gasteiger partial charge in [-0.05, 0) is 32.6 Å². The van der Waals surface area contributed by atoms with E-state index in [9.17, 15) is 18.0 Å². The molecule has 152 valence electrons. The molecule has 7 N–H and O–H groups in total. The number of hydrogen-bond donors (Lipinski definition) is 6. The molecule has 2 aliphatic rings. The minimum atomic E-state index is -4.35. The Labute approximate surface area is 156 Å². The standard InChI is InChI=1S/C15H28ClF3N6O/c1-8-6-12(21-5-4-20)24-13(22-8)25-14(26)23-9-2-3-11(16)10(7-9)15(17,18)19/h8-13,21-22,24H,2-7,20H2,1H3,(H2,23,25,26). The molecule has 0 radical (unpaired) electrons. The Kier molecular flexibility index (Phi) is 7.77. The first-order valence-electron chi connectivity index (χ1n) is 8.92. The van der Waals surface area contributed by atoms with Crippen LogP contribution < -0.4 is 32.3 Å². The van der Waals surface area contributed by atoms with Crippen molar-refractivity contribution in [1.82, 2.24) is 26.6 Å². The van der Waals surface area contributed by atoms with Crippen molar-refractivity contribution in [1.29, 1.82) is 0 Å². The number of halogens is 4. The van der Waals surface area contributed by atoms with Crippen LogP contribution in [0.15, 0.2) is 0 Å². The van der Waals surface area contributed by atoms with Gasteiger partial charge in [0, 0.05) is 30.6 Å². The number of rotatable bonds is 5. The highest BCUT2D eigenvalue weighted by molar-refractivity contribution is 6.20. The van der Waals surface area contributed by atoms with Gasteiger partial charge in [-0.3, -0.25) is 10.6 Å². The second kappa shape index (κ2) is 9.41. The van der Waals surface area contributed by atoms with Gasteiger partial charge in [-0.25, -0.2) is 4.79 Å². The summed E-state index contributed by atoms with van der Waals surface area (Å²) in [6.07, 6.45) is -3.60. The lowest BCUT2D eigenvalue weighted by molar-refractivity contribution is -0.182. The topological polar surface area (TPSA) is 103 Å². The molecule has 26 heavy (non-hydrogen) atoms. The summed E-state index contributed by atoms with van der Waals surface area (Å²) < 4.78 is 39.0. The maximum absolute atomic E-state index is 13.0. The van der Waals surface area contributed by atoms with Crippen LogP contribution in [-0.2, 0) is 0 Å². The molecule has 1 saturated carbocycles. The highest BCUT2D eigenvalue weighted by Gasteiger charge is 2.47. The summed E-state index contributed by atoms with van der Waals surface area (Å²) in [6.45, 7) is 3.13. The summed E-state index contributed by atoms with van der Waals surface area (Å²) in [6, 6.07) is -0.914. The van der Waals surface area contributed by atoms with Gasteiger partial charge in [-0.2, -0.15) is 13.2 Å². The molecule has 6 atom stereocenters. The lowest BCUT2D eigenvalue weighted by atomic mass is 9.85. The van der Waals surface area contributed by atoms with Crippen LogP contribution in [0.5, 0.6) is 0 Å². The molecule has 6 unspecified atom stereocenters. The molecule has 0 bridgehead atoms. The minimum absolute atomic E-state index is 0.0126. The van der Waals surface area contributed by atoms with Gasteiger partial charge in [0.25, 0.3) is 0 Å². The van der Waals surface area contributed by atoms with Gasteiger partial charge in [0.1, 0.15) is 6.29 Å². The third-order valence-corrected chi connectivity index (χ3v) is 5.26. The first-order chi connectivity index (χ1) is 12.2. The fourth-order valence-corrected chi connectivity index (χ4v) is 3.84. The summed E-state index contributed by atoms with van der Waals surface area (Å²) >= 11 is 5.81. The number of nitrogens with two attached hydrogens (primary N) is 1. The summed E-state index contributed by atoms with van der Waals surface area (Å²) in [5, 5.41) is 14.0. The fraction of sp³-hybridized carbons (Fsp3) is 0.933. The molecule has 2 fully saturated rings. The molecule has 2 amide bonds. The third-order valence-electron chi connectivity index (χ3n) is 4.74. The average molecular weight is 401 g/mol. The van der Waals surface area contributed by atoms with Crippen molar-refractivity contribution in [3.05, 3.63) is 0 Å². The molecule has 0 aromatic rings. The lowest BCUT2D eigenvalue weighted by Gasteiger charge is -2.38. The Bertz CT molecular complexity index is 469. The van der Waals surface area contributed by atoms with E-state index in [-0.39, 0.29) is 25.0 Å². The van der Waals surface area contributed by atoms with Crippen LogP contribution >= 0.6 is 11.6 Å². The Balaban J connectivity index is 1.82. The Morgan fingerprint density at radius 1 is 1.23 bits per heavy atom. The second-order valence-electron chi connectivity index (χ2n) is 6.99. The zero-order valence-electron chi connectivity index (χ0n) is 14.7. The van der Waals surface area contributed by atoms with E-state index in [2.05, 4.69) is 26.6 Å².